The van der Waals surface area contributed by atoms with Gasteiger partial charge in [-0.1, -0.05) is 13.8 Å². The number of rotatable bonds is 7. The molecule has 2 fully saturated rings. The molecule has 1 saturated heterocycles. The summed E-state index contributed by atoms with van der Waals surface area (Å²) in [6.07, 6.45) is 6.77. The average Bonchev–Trinajstić information content (AvgIpc) is 3.23. The summed E-state index contributed by atoms with van der Waals surface area (Å²) in [5, 5.41) is 3.70. The van der Waals surface area contributed by atoms with Gasteiger partial charge in [-0.15, -0.1) is 0 Å². The lowest BCUT2D eigenvalue weighted by molar-refractivity contribution is 0.0956. The van der Waals surface area contributed by atoms with Crippen molar-refractivity contribution in [2.24, 2.45) is 0 Å². The van der Waals surface area contributed by atoms with Crippen LogP contribution in [0.5, 0.6) is 0 Å². The largest absolute Gasteiger partial charge is 0.312 e. The maximum atomic E-state index is 3.70. The number of hydrogen-bond donors (Lipinski definition) is 1. The summed E-state index contributed by atoms with van der Waals surface area (Å²) >= 11 is 0. The first kappa shape index (κ1) is 14.3. The fraction of sp³-hybridized carbons (Fsp3) is 1.00. The van der Waals surface area contributed by atoms with E-state index >= 15 is 0 Å². The highest BCUT2D eigenvalue weighted by atomic mass is 15.2. The van der Waals surface area contributed by atoms with Gasteiger partial charge in [0.05, 0.1) is 0 Å². The lowest BCUT2D eigenvalue weighted by atomic mass is 10.0. The minimum Gasteiger partial charge on any atom is -0.312 e. The van der Waals surface area contributed by atoms with Crippen molar-refractivity contribution in [3.8, 4) is 0 Å². The Hall–Kier alpha value is -0.120. The Kier molecular flexibility index (Phi) is 5.46. The van der Waals surface area contributed by atoms with E-state index in [1.165, 1.54) is 58.3 Å². The van der Waals surface area contributed by atoms with E-state index in [9.17, 15) is 0 Å². The van der Waals surface area contributed by atoms with Crippen molar-refractivity contribution >= 4 is 0 Å². The van der Waals surface area contributed by atoms with Gasteiger partial charge in [0.1, 0.15) is 0 Å². The lowest BCUT2D eigenvalue weighted by Gasteiger charge is -2.40. The van der Waals surface area contributed by atoms with Gasteiger partial charge in [0.15, 0.2) is 0 Å². The van der Waals surface area contributed by atoms with Gasteiger partial charge in [0, 0.05) is 24.7 Å². The van der Waals surface area contributed by atoms with Crippen LogP contribution in [-0.4, -0.2) is 61.2 Å². The van der Waals surface area contributed by atoms with E-state index < -0.39 is 0 Å². The second-order valence-electron chi connectivity index (χ2n) is 6.08. The molecule has 1 unspecified atom stereocenters. The minimum atomic E-state index is 0.726. The second-order valence-corrected chi connectivity index (χ2v) is 6.08. The van der Waals surface area contributed by atoms with E-state index in [1.807, 2.05) is 0 Å². The first-order valence-electron chi connectivity index (χ1n) is 7.92. The van der Waals surface area contributed by atoms with E-state index in [-0.39, 0.29) is 0 Å². The van der Waals surface area contributed by atoms with Crippen LogP contribution in [0.25, 0.3) is 0 Å². The van der Waals surface area contributed by atoms with E-state index in [1.54, 1.807) is 0 Å². The highest BCUT2D eigenvalue weighted by molar-refractivity contribution is 4.86. The molecular formula is C15H31N3. The number of hydrogen-bond acceptors (Lipinski definition) is 3. The third-order valence-corrected chi connectivity index (χ3v) is 4.85. The number of likely N-dealkylation sites (N-methyl/N-ethyl adjacent to an activating group) is 1. The van der Waals surface area contributed by atoms with Crippen LogP contribution in [0.3, 0.4) is 0 Å². The molecule has 3 heteroatoms. The van der Waals surface area contributed by atoms with Gasteiger partial charge in [-0.3, -0.25) is 4.90 Å². The summed E-state index contributed by atoms with van der Waals surface area (Å²) < 4.78 is 0. The molecule has 0 aromatic carbocycles. The van der Waals surface area contributed by atoms with Crippen molar-refractivity contribution in [1.29, 1.82) is 0 Å². The number of nitrogens with zero attached hydrogens (tertiary/aromatic N) is 2. The van der Waals surface area contributed by atoms with Gasteiger partial charge in [0.2, 0.25) is 0 Å². The monoisotopic (exact) mass is 253 g/mol. The molecule has 2 aliphatic rings. The standard InChI is InChI=1S/C15H31N3/c1-4-14(12-16-13-6-7-13)17(3)15-8-10-18(5-2)11-9-15/h13-16H,4-12H2,1-3H3. The Morgan fingerprint density at radius 3 is 2.33 bits per heavy atom. The van der Waals surface area contributed by atoms with E-state index in [4.69, 9.17) is 0 Å². The van der Waals surface area contributed by atoms with Gasteiger partial charge in [0.25, 0.3) is 0 Å². The van der Waals surface area contributed by atoms with Crippen molar-refractivity contribution < 1.29 is 0 Å². The van der Waals surface area contributed by atoms with E-state index in [0.29, 0.717) is 0 Å². The lowest BCUT2D eigenvalue weighted by Crippen LogP contribution is -2.50. The normalized spacial score (nSPS) is 24.7. The molecular weight excluding hydrogens is 222 g/mol. The molecule has 3 nitrogen and oxygen atoms in total. The summed E-state index contributed by atoms with van der Waals surface area (Å²) in [5.74, 6) is 0. The molecule has 0 bridgehead atoms. The zero-order valence-corrected chi connectivity index (χ0v) is 12.5. The van der Waals surface area contributed by atoms with Crippen LogP contribution in [-0.2, 0) is 0 Å². The molecule has 0 amide bonds. The van der Waals surface area contributed by atoms with Crippen LogP contribution in [0.1, 0.15) is 46.0 Å². The summed E-state index contributed by atoms with van der Waals surface area (Å²) in [6, 6.07) is 2.37. The SMILES string of the molecule is CCC(CNC1CC1)N(C)C1CCN(CC)CC1. The van der Waals surface area contributed by atoms with Gasteiger partial charge >= 0.3 is 0 Å². The van der Waals surface area contributed by atoms with Crippen LogP contribution in [0.15, 0.2) is 0 Å². The van der Waals surface area contributed by atoms with E-state index in [2.05, 4.69) is 36.0 Å². The first-order chi connectivity index (χ1) is 8.74. The Bertz CT molecular complexity index is 232. The van der Waals surface area contributed by atoms with Gasteiger partial charge in [-0.2, -0.15) is 0 Å². The molecule has 1 atom stereocenters. The molecule has 0 aromatic heterocycles. The van der Waals surface area contributed by atoms with Gasteiger partial charge in [-0.05, 0) is 58.8 Å². The zero-order valence-electron chi connectivity index (χ0n) is 12.5. The second kappa shape index (κ2) is 6.88. The van der Waals surface area contributed by atoms with Crippen molar-refractivity contribution in [3.05, 3.63) is 0 Å². The predicted octanol–water partition coefficient (Wildman–Crippen LogP) is 1.93. The highest BCUT2D eigenvalue weighted by Gasteiger charge is 2.27. The topological polar surface area (TPSA) is 18.5 Å². The minimum absolute atomic E-state index is 0.726. The molecule has 1 saturated carbocycles. The van der Waals surface area contributed by atoms with Crippen LogP contribution in [0.2, 0.25) is 0 Å². The summed E-state index contributed by atoms with van der Waals surface area (Å²) in [7, 11) is 2.34. The molecule has 1 aliphatic carbocycles. The van der Waals surface area contributed by atoms with Gasteiger partial charge < -0.3 is 10.2 Å². The van der Waals surface area contributed by atoms with Crippen molar-refractivity contribution in [3.63, 3.8) is 0 Å². The number of likely N-dealkylation sites (tertiary alicyclic amines) is 1. The molecule has 0 radical (unpaired) electrons. The molecule has 2 rings (SSSR count). The molecule has 0 aromatic rings. The van der Waals surface area contributed by atoms with Crippen molar-refractivity contribution in [2.45, 2.75) is 64.1 Å². The maximum Gasteiger partial charge on any atom is 0.0218 e. The Morgan fingerprint density at radius 1 is 1.17 bits per heavy atom. The smallest absolute Gasteiger partial charge is 0.0218 e. The summed E-state index contributed by atoms with van der Waals surface area (Å²) in [4.78, 5) is 5.23. The van der Waals surface area contributed by atoms with Crippen LogP contribution >= 0.6 is 0 Å². The number of nitrogens with one attached hydrogen (secondary N) is 1. The summed E-state index contributed by atoms with van der Waals surface area (Å²) in [6.45, 7) is 9.59. The Labute approximate surface area is 113 Å². The average molecular weight is 253 g/mol. The maximum absolute atomic E-state index is 3.70. The zero-order chi connectivity index (χ0) is 13.0. The van der Waals surface area contributed by atoms with Crippen LogP contribution in [0, 0.1) is 0 Å². The quantitative estimate of drug-likeness (QED) is 0.748. The molecule has 18 heavy (non-hydrogen) atoms. The van der Waals surface area contributed by atoms with Crippen LogP contribution < -0.4 is 5.32 Å². The fourth-order valence-corrected chi connectivity index (χ4v) is 3.11. The molecule has 0 spiro atoms. The predicted molar refractivity (Wildman–Crippen MR) is 78.0 cm³/mol. The molecule has 1 N–H and O–H groups in total. The highest BCUT2D eigenvalue weighted by Crippen LogP contribution is 2.21. The third-order valence-electron chi connectivity index (χ3n) is 4.85. The van der Waals surface area contributed by atoms with E-state index in [0.717, 1.165) is 18.1 Å². The van der Waals surface area contributed by atoms with Crippen LogP contribution in [0.4, 0.5) is 0 Å². The molecule has 1 heterocycles. The molecule has 106 valence electrons. The van der Waals surface area contributed by atoms with Gasteiger partial charge in [-0.25, -0.2) is 0 Å². The Morgan fingerprint density at radius 2 is 1.83 bits per heavy atom. The number of piperidine rings is 1. The summed E-state index contributed by atoms with van der Waals surface area (Å²) in [5.41, 5.74) is 0. The molecule has 1 aliphatic heterocycles. The first-order valence-corrected chi connectivity index (χ1v) is 7.92. The van der Waals surface area contributed by atoms with Crippen molar-refractivity contribution in [2.75, 3.05) is 33.2 Å². The third kappa shape index (κ3) is 3.94. The fourth-order valence-electron chi connectivity index (χ4n) is 3.11. The van der Waals surface area contributed by atoms with Crippen molar-refractivity contribution in [1.82, 2.24) is 15.1 Å². The Balaban J connectivity index is 1.74.